The molecule has 0 bridgehead atoms. The number of nitro groups is 1. The van der Waals surface area contributed by atoms with Gasteiger partial charge < -0.3 is 14.8 Å². The van der Waals surface area contributed by atoms with E-state index in [1.54, 1.807) is 13.0 Å². The summed E-state index contributed by atoms with van der Waals surface area (Å²) >= 11 is 0. The molecule has 0 aromatic carbocycles. The van der Waals surface area contributed by atoms with Gasteiger partial charge in [0.15, 0.2) is 0 Å². The molecule has 2 rings (SSSR count). The highest BCUT2D eigenvalue weighted by Crippen LogP contribution is 2.18. The van der Waals surface area contributed by atoms with E-state index in [0.29, 0.717) is 37.7 Å². The number of rotatable bonds is 4. The van der Waals surface area contributed by atoms with Gasteiger partial charge in [-0.25, -0.2) is 4.98 Å². The van der Waals surface area contributed by atoms with Gasteiger partial charge in [-0.05, 0) is 13.0 Å². The number of aromatic nitrogens is 1. The normalized spacial score (nSPS) is 19.5. The van der Waals surface area contributed by atoms with Crippen LogP contribution in [0.4, 0.5) is 11.5 Å². The van der Waals surface area contributed by atoms with Crippen molar-refractivity contribution in [1.82, 2.24) is 4.98 Å². The van der Waals surface area contributed by atoms with E-state index >= 15 is 0 Å². The fourth-order valence-corrected chi connectivity index (χ4v) is 1.71. The van der Waals surface area contributed by atoms with Gasteiger partial charge in [-0.1, -0.05) is 0 Å². The molecule has 18 heavy (non-hydrogen) atoms. The third-order valence-electron chi connectivity index (χ3n) is 2.68. The number of hydrogen-bond donors (Lipinski definition) is 1. The van der Waals surface area contributed by atoms with Crippen LogP contribution in [0.3, 0.4) is 0 Å². The number of anilines is 1. The first kappa shape index (κ1) is 12.7. The summed E-state index contributed by atoms with van der Waals surface area (Å²) in [6.45, 7) is 4.04. The molecule has 7 nitrogen and oxygen atoms in total. The number of ether oxygens (including phenoxy) is 2. The molecule has 2 heterocycles. The summed E-state index contributed by atoms with van der Waals surface area (Å²) in [5.74, 6) is 0.604. The molecule has 1 aliphatic rings. The zero-order valence-electron chi connectivity index (χ0n) is 10.1. The number of aryl methyl sites for hydroxylation is 1. The standard InChI is InChI=1S/C11H15N3O4/c1-8-4-11(13-6-10(8)14(15)16)12-5-9-7-17-2-3-18-9/h4,6,9H,2-3,5,7H2,1H3,(H,12,13). The third-order valence-corrected chi connectivity index (χ3v) is 2.68. The molecule has 0 aliphatic carbocycles. The Bertz CT molecular complexity index is 432. The summed E-state index contributed by atoms with van der Waals surface area (Å²) in [4.78, 5) is 14.2. The third kappa shape index (κ3) is 3.14. The van der Waals surface area contributed by atoms with Crippen molar-refractivity contribution in [3.05, 3.63) is 27.9 Å². The zero-order valence-corrected chi connectivity index (χ0v) is 10.1. The maximum absolute atomic E-state index is 10.6. The van der Waals surface area contributed by atoms with Crippen LogP contribution in [0.15, 0.2) is 12.3 Å². The van der Waals surface area contributed by atoms with Gasteiger partial charge in [-0.2, -0.15) is 0 Å². The molecular weight excluding hydrogens is 238 g/mol. The molecule has 1 fully saturated rings. The van der Waals surface area contributed by atoms with Crippen molar-refractivity contribution >= 4 is 11.5 Å². The van der Waals surface area contributed by atoms with E-state index in [1.165, 1.54) is 6.20 Å². The van der Waals surface area contributed by atoms with Crippen molar-refractivity contribution in [1.29, 1.82) is 0 Å². The van der Waals surface area contributed by atoms with Crippen LogP contribution in [0, 0.1) is 17.0 Å². The second kappa shape index (κ2) is 5.74. The molecule has 98 valence electrons. The van der Waals surface area contributed by atoms with Crippen LogP contribution in [0.2, 0.25) is 0 Å². The summed E-state index contributed by atoms with van der Waals surface area (Å²) in [6, 6.07) is 1.65. The van der Waals surface area contributed by atoms with Gasteiger partial charge in [0.25, 0.3) is 5.69 Å². The van der Waals surface area contributed by atoms with Gasteiger partial charge in [-0.15, -0.1) is 0 Å². The lowest BCUT2D eigenvalue weighted by atomic mass is 10.2. The molecule has 1 N–H and O–H groups in total. The Morgan fingerprint density at radius 1 is 1.61 bits per heavy atom. The van der Waals surface area contributed by atoms with Crippen LogP contribution in [-0.4, -0.2) is 42.4 Å². The van der Waals surface area contributed by atoms with E-state index in [1.807, 2.05) is 0 Å². The van der Waals surface area contributed by atoms with Gasteiger partial charge in [0, 0.05) is 12.1 Å². The van der Waals surface area contributed by atoms with E-state index in [0.717, 1.165) is 0 Å². The summed E-state index contributed by atoms with van der Waals surface area (Å²) in [5.41, 5.74) is 0.608. The van der Waals surface area contributed by atoms with Crippen LogP contribution in [-0.2, 0) is 9.47 Å². The molecule has 1 atom stereocenters. The minimum Gasteiger partial charge on any atom is -0.376 e. The van der Waals surface area contributed by atoms with E-state index < -0.39 is 4.92 Å². The number of nitrogens with one attached hydrogen (secondary N) is 1. The predicted octanol–water partition coefficient (Wildman–Crippen LogP) is 1.13. The fraction of sp³-hybridized carbons (Fsp3) is 0.545. The molecule has 0 saturated carbocycles. The average Bonchev–Trinajstić information content (AvgIpc) is 2.37. The van der Waals surface area contributed by atoms with Gasteiger partial charge in [-0.3, -0.25) is 10.1 Å². The van der Waals surface area contributed by atoms with E-state index in [9.17, 15) is 10.1 Å². The second-order valence-electron chi connectivity index (χ2n) is 4.06. The maximum atomic E-state index is 10.6. The molecule has 1 saturated heterocycles. The van der Waals surface area contributed by atoms with Crippen molar-refractivity contribution < 1.29 is 14.4 Å². The van der Waals surface area contributed by atoms with Crippen LogP contribution in [0.5, 0.6) is 0 Å². The minimum absolute atomic E-state index is 0.00366. The monoisotopic (exact) mass is 253 g/mol. The molecule has 1 aromatic heterocycles. The average molecular weight is 253 g/mol. The predicted molar refractivity (Wildman–Crippen MR) is 64.7 cm³/mol. The lowest BCUT2D eigenvalue weighted by molar-refractivity contribution is -0.385. The van der Waals surface area contributed by atoms with E-state index in [4.69, 9.17) is 9.47 Å². The number of nitrogens with zero attached hydrogens (tertiary/aromatic N) is 2. The van der Waals surface area contributed by atoms with Crippen LogP contribution < -0.4 is 5.32 Å². The highest BCUT2D eigenvalue weighted by atomic mass is 16.6. The molecule has 0 amide bonds. The maximum Gasteiger partial charge on any atom is 0.290 e. The highest BCUT2D eigenvalue weighted by molar-refractivity contribution is 5.46. The SMILES string of the molecule is Cc1cc(NCC2COCCO2)ncc1[N+](=O)[O-]. The Morgan fingerprint density at radius 3 is 3.06 bits per heavy atom. The smallest absolute Gasteiger partial charge is 0.290 e. The fourth-order valence-electron chi connectivity index (χ4n) is 1.71. The number of hydrogen-bond acceptors (Lipinski definition) is 6. The molecule has 7 heteroatoms. The minimum atomic E-state index is -0.440. The first-order valence-electron chi connectivity index (χ1n) is 5.71. The lowest BCUT2D eigenvalue weighted by Crippen LogP contribution is -2.34. The Morgan fingerprint density at radius 2 is 2.44 bits per heavy atom. The molecule has 1 unspecified atom stereocenters. The van der Waals surface area contributed by atoms with Gasteiger partial charge >= 0.3 is 0 Å². The van der Waals surface area contributed by atoms with Crippen molar-refractivity contribution in [3.63, 3.8) is 0 Å². The first-order valence-corrected chi connectivity index (χ1v) is 5.71. The Kier molecular flexibility index (Phi) is 4.06. The summed E-state index contributed by atoms with van der Waals surface area (Å²) in [6.07, 6.45) is 1.26. The molecule has 0 spiro atoms. The molecule has 0 radical (unpaired) electrons. The quantitative estimate of drug-likeness (QED) is 0.639. The highest BCUT2D eigenvalue weighted by Gasteiger charge is 2.15. The lowest BCUT2D eigenvalue weighted by Gasteiger charge is -2.23. The van der Waals surface area contributed by atoms with Crippen molar-refractivity contribution in [2.24, 2.45) is 0 Å². The van der Waals surface area contributed by atoms with Crippen LogP contribution >= 0.6 is 0 Å². The largest absolute Gasteiger partial charge is 0.376 e. The van der Waals surface area contributed by atoms with Gasteiger partial charge in [0.05, 0.1) is 30.8 Å². The van der Waals surface area contributed by atoms with Gasteiger partial charge in [0.1, 0.15) is 12.0 Å². The summed E-state index contributed by atoms with van der Waals surface area (Å²) in [7, 11) is 0. The van der Waals surface area contributed by atoms with E-state index in [-0.39, 0.29) is 11.8 Å². The number of pyridine rings is 1. The van der Waals surface area contributed by atoms with Crippen molar-refractivity contribution in [2.75, 3.05) is 31.7 Å². The van der Waals surface area contributed by atoms with Gasteiger partial charge in [0.2, 0.25) is 0 Å². The second-order valence-corrected chi connectivity index (χ2v) is 4.06. The van der Waals surface area contributed by atoms with Crippen LogP contribution in [0.1, 0.15) is 5.56 Å². The molecule has 1 aromatic rings. The Balaban J connectivity index is 1.93. The zero-order chi connectivity index (χ0) is 13.0. The van der Waals surface area contributed by atoms with Crippen molar-refractivity contribution in [2.45, 2.75) is 13.0 Å². The Hall–Kier alpha value is -1.73. The van der Waals surface area contributed by atoms with Crippen molar-refractivity contribution in [3.8, 4) is 0 Å². The topological polar surface area (TPSA) is 86.5 Å². The summed E-state index contributed by atoms with van der Waals surface area (Å²) in [5, 5.41) is 13.7. The Labute approximate surface area is 104 Å². The first-order chi connectivity index (χ1) is 8.66. The molecular formula is C11H15N3O4. The summed E-state index contributed by atoms with van der Waals surface area (Å²) < 4.78 is 10.7. The van der Waals surface area contributed by atoms with E-state index in [2.05, 4.69) is 10.3 Å². The van der Waals surface area contributed by atoms with Crippen LogP contribution in [0.25, 0.3) is 0 Å². The molecule has 1 aliphatic heterocycles.